The minimum Gasteiger partial charge on any atom is -0.483 e. The smallest absolute Gasteiger partial charge is 0.310 e. The second-order valence-electron chi connectivity index (χ2n) is 5.30. The van der Waals surface area contributed by atoms with Crippen LogP contribution in [0, 0.1) is 22.0 Å². The van der Waals surface area contributed by atoms with Gasteiger partial charge in [-0.15, -0.1) is 0 Å². The van der Waals surface area contributed by atoms with Crippen LogP contribution in [0.5, 0.6) is 5.75 Å². The van der Waals surface area contributed by atoms with Crippen molar-refractivity contribution in [1.29, 1.82) is 0 Å². The van der Waals surface area contributed by atoms with Gasteiger partial charge in [0.15, 0.2) is 5.75 Å². The summed E-state index contributed by atoms with van der Waals surface area (Å²) in [6.45, 7) is 6.10. The molecule has 19 heavy (non-hydrogen) atoms. The molecule has 1 fully saturated rings. The summed E-state index contributed by atoms with van der Waals surface area (Å²) in [5, 5.41) is 14.3. The number of nitrogens with zero attached hydrogens (tertiary/aromatic N) is 1. The molecule has 2 rings (SSSR count). The predicted molar refractivity (Wildman–Crippen MR) is 73.3 cm³/mol. The van der Waals surface area contributed by atoms with Crippen molar-refractivity contribution in [2.75, 3.05) is 13.1 Å². The number of para-hydroxylation sites is 2. The first-order chi connectivity index (χ1) is 9.09. The average Bonchev–Trinajstić information content (AvgIpc) is 2.89. The Hall–Kier alpha value is -1.62. The molecule has 0 radical (unpaired) electrons. The summed E-state index contributed by atoms with van der Waals surface area (Å²) in [7, 11) is 0. The highest BCUT2D eigenvalue weighted by Gasteiger charge is 2.30. The van der Waals surface area contributed by atoms with Crippen molar-refractivity contribution in [2.45, 2.75) is 26.4 Å². The van der Waals surface area contributed by atoms with Crippen molar-refractivity contribution in [3.05, 3.63) is 34.4 Å². The SMILES string of the molecule is CC(C)[C@H](Oc1ccccc1[N+](=O)[O-])[C@H]1CCNC1. The number of hydrogen-bond acceptors (Lipinski definition) is 4. The Bertz CT molecular complexity index is 442. The van der Waals surface area contributed by atoms with Gasteiger partial charge >= 0.3 is 5.69 Å². The number of nitrogens with one attached hydrogen (secondary N) is 1. The van der Waals surface area contributed by atoms with Gasteiger partial charge in [-0.25, -0.2) is 0 Å². The second-order valence-corrected chi connectivity index (χ2v) is 5.30. The van der Waals surface area contributed by atoms with E-state index in [2.05, 4.69) is 19.2 Å². The first-order valence-corrected chi connectivity index (χ1v) is 6.70. The molecule has 0 spiro atoms. The predicted octanol–water partition coefficient (Wildman–Crippen LogP) is 2.61. The molecule has 1 heterocycles. The molecule has 5 nitrogen and oxygen atoms in total. The zero-order valence-electron chi connectivity index (χ0n) is 11.3. The Kier molecular flexibility index (Phi) is 4.37. The van der Waals surface area contributed by atoms with E-state index in [1.807, 2.05) is 0 Å². The Morgan fingerprint density at radius 1 is 1.42 bits per heavy atom. The standard InChI is InChI=1S/C14H20N2O3/c1-10(2)14(11-7-8-15-9-11)19-13-6-4-3-5-12(13)16(17)18/h3-6,10-11,14-15H,7-9H2,1-2H3/t11-,14-/m0/s1. The summed E-state index contributed by atoms with van der Waals surface area (Å²) in [5.74, 6) is 1.11. The molecule has 1 aliphatic heterocycles. The van der Waals surface area contributed by atoms with Gasteiger partial charge < -0.3 is 10.1 Å². The van der Waals surface area contributed by atoms with Crippen LogP contribution >= 0.6 is 0 Å². The van der Waals surface area contributed by atoms with E-state index in [0.29, 0.717) is 17.6 Å². The third-order valence-corrected chi connectivity index (χ3v) is 3.55. The molecule has 1 aromatic carbocycles. The molecule has 0 bridgehead atoms. The van der Waals surface area contributed by atoms with Crippen molar-refractivity contribution in [1.82, 2.24) is 5.32 Å². The molecule has 0 unspecified atom stereocenters. The van der Waals surface area contributed by atoms with E-state index in [1.54, 1.807) is 18.2 Å². The van der Waals surface area contributed by atoms with Crippen molar-refractivity contribution >= 4 is 5.69 Å². The molecular weight excluding hydrogens is 244 g/mol. The van der Waals surface area contributed by atoms with E-state index in [-0.39, 0.29) is 16.7 Å². The van der Waals surface area contributed by atoms with Crippen LogP contribution in [-0.2, 0) is 0 Å². The van der Waals surface area contributed by atoms with Crippen LogP contribution in [0.25, 0.3) is 0 Å². The van der Waals surface area contributed by atoms with Crippen molar-refractivity contribution in [2.24, 2.45) is 11.8 Å². The lowest BCUT2D eigenvalue weighted by atomic mass is 9.92. The molecule has 5 heteroatoms. The van der Waals surface area contributed by atoms with Crippen LogP contribution in [-0.4, -0.2) is 24.1 Å². The van der Waals surface area contributed by atoms with E-state index in [9.17, 15) is 10.1 Å². The summed E-state index contributed by atoms with van der Waals surface area (Å²) >= 11 is 0. The van der Waals surface area contributed by atoms with Gasteiger partial charge in [-0.3, -0.25) is 10.1 Å². The van der Waals surface area contributed by atoms with Gasteiger partial charge in [0.1, 0.15) is 6.10 Å². The van der Waals surface area contributed by atoms with Gasteiger partial charge in [0.25, 0.3) is 0 Å². The maximum atomic E-state index is 11.0. The quantitative estimate of drug-likeness (QED) is 0.656. The minimum absolute atomic E-state index is 0.0103. The van der Waals surface area contributed by atoms with Crippen LogP contribution in [0.1, 0.15) is 20.3 Å². The van der Waals surface area contributed by atoms with Gasteiger partial charge in [0.05, 0.1) is 4.92 Å². The van der Waals surface area contributed by atoms with E-state index in [0.717, 1.165) is 19.5 Å². The highest BCUT2D eigenvalue weighted by Crippen LogP contribution is 2.31. The Labute approximate surface area is 113 Å². The first kappa shape index (κ1) is 13.8. The monoisotopic (exact) mass is 264 g/mol. The summed E-state index contributed by atoms with van der Waals surface area (Å²) in [6.07, 6.45) is 1.07. The van der Waals surface area contributed by atoms with Crippen LogP contribution < -0.4 is 10.1 Å². The van der Waals surface area contributed by atoms with Crippen molar-refractivity contribution in [3.8, 4) is 5.75 Å². The molecule has 1 saturated heterocycles. The summed E-state index contributed by atoms with van der Waals surface area (Å²) < 4.78 is 5.97. The number of nitro groups is 1. The lowest BCUT2D eigenvalue weighted by Gasteiger charge is -2.27. The number of ether oxygens (including phenoxy) is 1. The zero-order valence-corrected chi connectivity index (χ0v) is 11.3. The van der Waals surface area contributed by atoms with E-state index >= 15 is 0 Å². The lowest BCUT2D eigenvalue weighted by Crippen LogP contribution is -2.33. The van der Waals surface area contributed by atoms with Crippen LogP contribution in [0.15, 0.2) is 24.3 Å². The molecule has 0 aliphatic carbocycles. The molecule has 0 aromatic heterocycles. The number of benzene rings is 1. The Balaban J connectivity index is 2.19. The van der Waals surface area contributed by atoms with E-state index in [1.165, 1.54) is 6.07 Å². The Morgan fingerprint density at radius 2 is 2.16 bits per heavy atom. The lowest BCUT2D eigenvalue weighted by molar-refractivity contribution is -0.386. The fourth-order valence-electron chi connectivity index (χ4n) is 2.59. The van der Waals surface area contributed by atoms with E-state index in [4.69, 9.17) is 4.74 Å². The molecule has 1 N–H and O–H groups in total. The third-order valence-electron chi connectivity index (χ3n) is 3.55. The topological polar surface area (TPSA) is 64.4 Å². The summed E-state index contributed by atoms with van der Waals surface area (Å²) in [6, 6.07) is 6.59. The fraction of sp³-hybridized carbons (Fsp3) is 0.571. The first-order valence-electron chi connectivity index (χ1n) is 6.70. The second kappa shape index (κ2) is 6.02. The fourth-order valence-corrected chi connectivity index (χ4v) is 2.59. The molecule has 104 valence electrons. The zero-order chi connectivity index (χ0) is 13.8. The van der Waals surface area contributed by atoms with Crippen LogP contribution in [0.2, 0.25) is 0 Å². The van der Waals surface area contributed by atoms with Gasteiger partial charge in [-0.05, 0) is 24.9 Å². The van der Waals surface area contributed by atoms with Gasteiger partial charge in [0.2, 0.25) is 0 Å². The molecule has 0 amide bonds. The normalized spacial score (nSPS) is 20.5. The molecular formula is C14H20N2O3. The van der Waals surface area contributed by atoms with Gasteiger partial charge in [-0.1, -0.05) is 26.0 Å². The largest absolute Gasteiger partial charge is 0.483 e. The van der Waals surface area contributed by atoms with Crippen LogP contribution in [0.3, 0.4) is 0 Å². The minimum atomic E-state index is -0.389. The maximum absolute atomic E-state index is 11.0. The highest BCUT2D eigenvalue weighted by molar-refractivity contribution is 5.45. The van der Waals surface area contributed by atoms with Gasteiger partial charge in [-0.2, -0.15) is 0 Å². The Morgan fingerprint density at radius 3 is 2.74 bits per heavy atom. The third kappa shape index (κ3) is 3.23. The van der Waals surface area contributed by atoms with Crippen molar-refractivity contribution < 1.29 is 9.66 Å². The number of hydrogen-bond donors (Lipinski definition) is 1. The van der Waals surface area contributed by atoms with Gasteiger partial charge in [0, 0.05) is 18.5 Å². The van der Waals surface area contributed by atoms with Crippen LogP contribution in [0.4, 0.5) is 5.69 Å². The number of rotatable bonds is 5. The van der Waals surface area contributed by atoms with Crippen molar-refractivity contribution in [3.63, 3.8) is 0 Å². The highest BCUT2D eigenvalue weighted by atomic mass is 16.6. The molecule has 2 atom stereocenters. The summed E-state index contributed by atoms with van der Waals surface area (Å²) in [5.41, 5.74) is 0.0408. The van der Waals surface area contributed by atoms with E-state index < -0.39 is 0 Å². The molecule has 0 saturated carbocycles. The maximum Gasteiger partial charge on any atom is 0.310 e. The molecule has 1 aromatic rings. The summed E-state index contributed by atoms with van der Waals surface area (Å²) in [4.78, 5) is 10.6. The average molecular weight is 264 g/mol. The number of nitro benzene ring substituents is 1. The molecule has 1 aliphatic rings.